The first-order valence-electron chi connectivity index (χ1n) is 10.1. The lowest BCUT2D eigenvalue weighted by atomic mass is 10.0. The molecule has 0 saturated heterocycles. The molecule has 30 heavy (non-hydrogen) atoms. The maximum atomic E-state index is 5.98. The topological polar surface area (TPSA) is 107 Å². The summed E-state index contributed by atoms with van der Waals surface area (Å²) in [4.78, 5) is 0. The fourth-order valence-corrected chi connectivity index (χ4v) is 2.94. The van der Waals surface area contributed by atoms with Gasteiger partial charge in [-0.25, -0.2) is 0 Å². The molecular formula is C22H30N2O6. The number of nitrogens with two attached hydrogens (primary N) is 2. The van der Waals surface area contributed by atoms with Gasteiger partial charge in [-0.2, -0.15) is 0 Å². The highest BCUT2D eigenvalue weighted by Crippen LogP contribution is 2.38. The van der Waals surface area contributed by atoms with Crippen molar-refractivity contribution in [3.05, 3.63) is 36.4 Å². The summed E-state index contributed by atoms with van der Waals surface area (Å²) in [5.74, 6) is 1.32. The largest absolute Gasteiger partial charge is 0.490 e. The van der Waals surface area contributed by atoms with Crippen LogP contribution in [0.2, 0.25) is 0 Å². The smallest absolute Gasteiger partial charge is 0.129 e. The van der Waals surface area contributed by atoms with E-state index in [9.17, 15) is 0 Å². The Morgan fingerprint density at radius 1 is 0.467 bits per heavy atom. The Bertz CT molecular complexity index is 721. The van der Waals surface area contributed by atoms with Gasteiger partial charge in [0, 0.05) is 34.6 Å². The first-order chi connectivity index (χ1) is 14.7. The summed E-state index contributed by atoms with van der Waals surface area (Å²) >= 11 is 0. The van der Waals surface area contributed by atoms with Crippen molar-refractivity contribution < 1.29 is 28.4 Å². The first kappa shape index (κ1) is 22.2. The minimum Gasteiger partial charge on any atom is -0.490 e. The zero-order chi connectivity index (χ0) is 21.0. The number of hydrogen-bond donors (Lipinski definition) is 2. The Balaban J connectivity index is 1.76. The van der Waals surface area contributed by atoms with E-state index in [2.05, 4.69) is 0 Å². The standard InChI is InChI=1S/C22H30N2O6/c23-17-1-3-19-20-4-2-18(24)16-22(20)30-14-12-28-10-8-26-6-5-25-7-9-27-11-13-29-21(19)15-17/h1-4,15-16H,5-14,23-24H2. The Labute approximate surface area is 176 Å². The van der Waals surface area contributed by atoms with Crippen LogP contribution in [0.25, 0.3) is 11.1 Å². The molecule has 3 rings (SSSR count). The summed E-state index contributed by atoms with van der Waals surface area (Å²) in [5, 5.41) is 0. The zero-order valence-corrected chi connectivity index (χ0v) is 17.1. The van der Waals surface area contributed by atoms with Crippen LogP contribution in [0, 0.1) is 0 Å². The summed E-state index contributed by atoms with van der Waals surface area (Å²) in [5.41, 5.74) is 14.9. The lowest BCUT2D eigenvalue weighted by Gasteiger charge is -2.17. The molecule has 4 N–H and O–H groups in total. The van der Waals surface area contributed by atoms with Crippen molar-refractivity contribution in [1.82, 2.24) is 0 Å². The normalized spacial score (nSPS) is 17.6. The Morgan fingerprint density at radius 2 is 0.800 bits per heavy atom. The Kier molecular flexibility index (Phi) is 9.04. The van der Waals surface area contributed by atoms with Crippen molar-refractivity contribution in [2.45, 2.75) is 0 Å². The summed E-state index contributed by atoms with van der Waals surface area (Å²) < 4.78 is 34.0. The molecule has 2 aromatic carbocycles. The van der Waals surface area contributed by atoms with Crippen LogP contribution in [0.1, 0.15) is 0 Å². The second-order valence-electron chi connectivity index (χ2n) is 6.66. The number of benzene rings is 2. The average Bonchev–Trinajstić information content (AvgIpc) is 2.73. The van der Waals surface area contributed by atoms with E-state index in [1.54, 1.807) is 12.1 Å². The predicted octanol–water partition coefficient (Wildman–Crippen LogP) is 2.36. The van der Waals surface area contributed by atoms with Crippen molar-refractivity contribution in [3.8, 4) is 22.6 Å². The molecule has 2 aromatic rings. The molecule has 0 aliphatic carbocycles. The van der Waals surface area contributed by atoms with Gasteiger partial charge in [0.15, 0.2) is 0 Å². The molecule has 0 radical (unpaired) electrons. The monoisotopic (exact) mass is 418 g/mol. The lowest BCUT2D eigenvalue weighted by molar-refractivity contribution is -0.00704. The highest BCUT2D eigenvalue weighted by atomic mass is 16.6. The maximum Gasteiger partial charge on any atom is 0.129 e. The van der Waals surface area contributed by atoms with E-state index in [1.807, 2.05) is 24.3 Å². The minimum atomic E-state index is 0.387. The van der Waals surface area contributed by atoms with Gasteiger partial charge in [-0.3, -0.25) is 0 Å². The molecule has 0 spiro atoms. The van der Waals surface area contributed by atoms with E-state index >= 15 is 0 Å². The Morgan fingerprint density at radius 3 is 1.17 bits per heavy atom. The van der Waals surface area contributed by atoms with E-state index < -0.39 is 0 Å². The van der Waals surface area contributed by atoms with Gasteiger partial charge in [0.1, 0.15) is 24.7 Å². The van der Waals surface area contributed by atoms with Crippen molar-refractivity contribution in [3.63, 3.8) is 0 Å². The molecule has 0 saturated carbocycles. The van der Waals surface area contributed by atoms with Crippen LogP contribution in [0.3, 0.4) is 0 Å². The molecular weight excluding hydrogens is 388 g/mol. The van der Waals surface area contributed by atoms with Gasteiger partial charge < -0.3 is 39.9 Å². The third kappa shape index (κ3) is 7.07. The van der Waals surface area contributed by atoms with Crippen LogP contribution >= 0.6 is 0 Å². The van der Waals surface area contributed by atoms with Crippen LogP contribution in [0.15, 0.2) is 36.4 Å². The van der Waals surface area contributed by atoms with Gasteiger partial charge in [0.2, 0.25) is 0 Å². The highest BCUT2D eigenvalue weighted by molar-refractivity contribution is 5.79. The molecule has 0 atom stereocenters. The molecule has 1 heterocycles. The molecule has 8 heteroatoms. The van der Waals surface area contributed by atoms with E-state index in [4.69, 9.17) is 39.9 Å². The molecule has 0 aromatic heterocycles. The number of anilines is 2. The molecule has 8 nitrogen and oxygen atoms in total. The van der Waals surface area contributed by atoms with Gasteiger partial charge in [-0.1, -0.05) is 0 Å². The van der Waals surface area contributed by atoms with E-state index in [0.717, 1.165) is 11.1 Å². The summed E-state index contributed by atoms with van der Waals surface area (Å²) in [6.45, 7) is 4.70. The predicted molar refractivity (Wildman–Crippen MR) is 115 cm³/mol. The number of hydrogen-bond acceptors (Lipinski definition) is 8. The number of ether oxygens (including phenoxy) is 6. The van der Waals surface area contributed by atoms with Gasteiger partial charge in [-0.05, 0) is 24.3 Å². The second kappa shape index (κ2) is 12.2. The molecule has 1 aliphatic heterocycles. The van der Waals surface area contributed by atoms with Crippen molar-refractivity contribution in [2.75, 3.05) is 77.5 Å². The minimum absolute atomic E-state index is 0.387. The van der Waals surface area contributed by atoms with Gasteiger partial charge >= 0.3 is 0 Å². The van der Waals surface area contributed by atoms with Crippen molar-refractivity contribution in [2.24, 2.45) is 0 Å². The van der Waals surface area contributed by atoms with E-state index in [1.165, 1.54) is 0 Å². The zero-order valence-electron chi connectivity index (χ0n) is 17.1. The number of nitrogen functional groups attached to an aromatic ring is 2. The van der Waals surface area contributed by atoms with E-state index in [-0.39, 0.29) is 0 Å². The SMILES string of the molecule is Nc1ccc2c(c1)OCCOCCOCCOCCOCCOc1cc(N)ccc1-2. The maximum absolute atomic E-state index is 5.98. The molecule has 1 aliphatic rings. The van der Waals surface area contributed by atoms with Crippen LogP contribution < -0.4 is 20.9 Å². The number of fused-ring (bicyclic) bond motifs is 3. The second-order valence-corrected chi connectivity index (χ2v) is 6.66. The number of rotatable bonds is 0. The van der Waals surface area contributed by atoms with Gasteiger partial charge in [0.05, 0.1) is 52.9 Å². The van der Waals surface area contributed by atoms with Crippen molar-refractivity contribution >= 4 is 11.4 Å². The van der Waals surface area contributed by atoms with Gasteiger partial charge in [0.25, 0.3) is 0 Å². The molecule has 0 unspecified atom stereocenters. The molecule has 0 bridgehead atoms. The fourth-order valence-electron chi connectivity index (χ4n) is 2.94. The van der Waals surface area contributed by atoms with Crippen LogP contribution in [0.5, 0.6) is 11.5 Å². The first-order valence-corrected chi connectivity index (χ1v) is 10.1. The fraction of sp³-hybridized carbons (Fsp3) is 0.455. The lowest BCUT2D eigenvalue weighted by Crippen LogP contribution is -2.15. The summed E-state index contributed by atoms with van der Waals surface area (Å²) in [7, 11) is 0. The average molecular weight is 418 g/mol. The summed E-state index contributed by atoms with van der Waals surface area (Å²) in [6, 6.07) is 11.1. The molecule has 164 valence electrons. The van der Waals surface area contributed by atoms with Crippen molar-refractivity contribution in [1.29, 1.82) is 0 Å². The Hall–Kier alpha value is -2.52. The van der Waals surface area contributed by atoms with Crippen LogP contribution in [-0.2, 0) is 18.9 Å². The highest BCUT2D eigenvalue weighted by Gasteiger charge is 2.13. The van der Waals surface area contributed by atoms with Crippen LogP contribution in [0.4, 0.5) is 11.4 Å². The molecule has 0 amide bonds. The summed E-state index contributed by atoms with van der Waals surface area (Å²) in [6.07, 6.45) is 0. The third-order valence-electron chi connectivity index (χ3n) is 4.39. The quantitative estimate of drug-likeness (QED) is 0.628. The molecule has 0 fully saturated rings. The third-order valence-corrected chi connectivity index (χ3v) is 4.39. The van der Waals surface area contributed by atoms with E-state index in [0.29, 0.717) is 88.9 Å². The van der Waals surface area contributed by atoms with Gasteiger partial charge in [-0.15, -0.1) is 0 Å². The van der Waals surface area contributed by atoms with Crippen LogP contribution in [-0.4, -0.2) is 66.1 Å².